The van der Waals surface area contributed by atoms with Crippen LogP contribution in [0.1, 0.15) is 12.5 Å². The minimum atomic E-state index is -1.50. The van der Waals surface area contributed by atoms with Crippen molar-refractivity contribution in [2.45, 2.75) is 6.92 Å². The molecule has 0 atom stereocenters. The largest absolute Gasteiger partial charge is 0.457 e. The third-order valence-electron chi connectivity index (χ3n) is 3.64. The zero-order valence-corrected chi connectivity index (χ0v) is 17.8. The Hall–Kier alpha value is -2.94. The van der Waals surface area contributed by atoms with Gasteiger partial charge in [-0.3, -0.25) is 0 Å². The topological polar surface area (TPSA) is 99.7 Å². The van der Waals surface area contributed by atoms with Gasteiger partial charge in [-0.15, -0.1) is 10.1 Å². The van der Waals surface area contributed by atoms with Crippen LogP contribution in [0.4, 0.5) is 0 Å². The van der Waals surface area contributed by atoms with Crippen LogP contribution in [0.15, 0.2) is 61.2 Å². The lowest BCUT2D eigenvalue weighted by molar-refractivity contribution is -0.742. The summed E-state index contributed by atoms with van der Waals surface area (Å²) in [6.07, 6.45) is 5.19. The first-order chi connectivity index (χ1) is 14.3. The monoisotopic (exact) mass is 471 g/mol. The standard InChI is InChI=1S/C19H15Cl3N2O2.HNO3/c1-13(24-9-8-23-11-24)19(17-7-4-15(21)10-18(17)22)26-12-25-16-5-2-14(20)3-6-16;2-1(3)4/h2-11H,12H2,1H3;(H,2,3,4). The Kier molecular flexibility index (Phi) is 8.79. The second-order valence-corrected chi connectivity index (χ2v) is 6.89. The first kappa shape index (κ1) is 23.3. The fraction of sp³-hybridized carbons (Fsp3) is 0.105. The van der Waals surface area contributed by atoms with Gasteiger partial charge in [0, 0.05) is 28.0 Å². The summed E-state index contributed by atoms with van der Waals surface area (Å²) in [6, 6.07) is 12.3. The van der Waals surface area contributed by atoms with E-state index in [2.05, 4.69) is 4.98 Å². The quantitative estimate of drug-likeness (QED) is 0.208. The maximum Gasteiger partial charge on any atom is 0.291 e. The molecule has 0 saturated heterocycles. The molecule has 0 unspecified atom stereocenters. The predicted octanol–water partition coefficient (Wildman–Crippen LogP) is 5.89. The number of hydrogen-bond acceptors (Lipinski definition) is 5. The van der Waals surface area contributed by atoms with Crippen molar-refractivity contribution in [3.63, 3.8) is 0 Å². The smallest absolute Gasteiger partial charge is 0.291 e. The summed E-state index contributed by atoms with van der Waals surface area (Å²) in [5.41, 5.74) is 1.52. The van der Waals surface area contributed by atoms with Crippen molar-refractivity contribution in [3.05, 3.63) is 91.9 Å². The van der Waals surface area contributed by atoms with Crippen LogP contribution in [0.5, 0.6) is 5.75 Å². The van der Waals surface area contributed by atoms with Crippen LogP contribution in [-0.2, 0) is 4.74 Å². The van der Waals surface area contributed by atoms with E-state index in [0.717, 1.165) is 5.70 Å². The van der Waals surface area contributed by atoms with E-state index in [4.69, 9.17) is 59.6 Å². The lowest BCUT2D eigenvalue weighted by Crippen LogP contribution is -2.06. The molecule has 0 amide bonds. The zero-order chi connectivity index (χ0) is 22.1. The SMILES string of the molecule is CC(=C(OCOc1ccc(Cl)cc1)c1ccc(Cl)cc1Cl)n1ccnc1.O=[N+]([O-])O. The Morgan fingerprint density at radius 1 is 1.17 bits per heavy atom. The summed E-state index contributed by atoms with van der Waals surface area (Å²) in [4.78, 5) is 12.4. The van der Waals surface area contributed by atoms with Crippen molar-refractivity contribution in [3.8, 4) is 5.75 Å². The molecular formula is C19H16Cl3N3O5. The Balaban J connectivity index is 0.000000735. The molecule has 1 N–H and O–H groups in total. The number of aromatic nitrogens is 2. The minimum absolute atomic E-state index is 0.00194. The summed E-state index contributed by atoms with van der Waals surface area (Å²) >= 11 is 18.2. The van der Waals surface area contributed by atoms with Gasteiger partial charge in [-0.05, 0) is 49.4 Å². The van der Waals surface area contributed by atoms with Crippen molar-refractivity contribution in [2.24, 2.45) is 0 Å². The summed E-state index contributed by atoms with van der Waals surface area (Å²) in [6.45, 7) is 1.91. The summed E-state index contributed by atoms with van der Waals surface area (Å²) in [7, 11) is 0. The molecule has 8 nitrogen and oxygen atoms in total. The van der Waals surface area contributed by atoms with Crippen molar-refractivity contribution < 1.29 is 19.8 Å². The van der Waals surface area contributed by atoms with Crippen molar-refractivity contribution in [1.82, 2.24) is 9.55 Å². The molecular weight excluding hydrogens is 457 g/mol. The molecule has 0 radical (unpaired) electrons. The van der Waals surface area contributed by atoms with Crippen molar-refractivity contribution >= 4 is 46.3 Å². The van der Waals surface area contributed by atoms with E-state index in [-0.39, 0.29) is 6.79 Å². The van der Waals surface area contributed by atoms with E-state index in [1.807, 2.05) is 23.8 Å². The van der Waals surface area contributed by atoms with Gasteiger partial charge in [0.25, 0.3) is 5.09 Å². The van der Waals surface area contributed by atoms with Crippen LogP contribution >= 0.6 is 34.8 Å². The summed E-state index contributed by atoms with van der Waals surface area (Å²) in [5, 5.41) is 15.3. The van der Waals surface area contributed by atoms with Crippen molar-refractivity contribution in [2.75, 3.05) is 6.79 Å². The highest BCUT2D eigenvalue weighted by Crippen LogP contribution is 2.31. The Labute approximate surface area is 186 Å². The Morgan fingerprint density at radius 3 is 2.37 bits per heavy atom. The van der Waals surface area contributed by atoms with Crippen molar-refractivity contribution in [1.29, 1.82) is 0 Å². The first-order valence-electron chi connectivity index (χ1n) is 8.27. The number of nitrogens with zero attached hydrogens (tertiary/aromatic N) is 3. The molecule has 30 heavy (non-hydrogen) atoms. The maximum absolute atomic E-state index is 8.36. The van der Waals surface area contributed by atoms with E-state index in [1.165, 1.54) is 0 Å². The van der Waals surface area contributed by atoms with Crippen LogP contribution in [0.3, 0.4) is 0 Å². The highest BCUT2D eigenvalue weighted by atomic mass is 35.5. The first-order valence-corrected chi connectivity index (χ1v) is 9.40. The molecule has 0 fully saturated rings. The number of hydrogen-bond donors (Lipinski definition) is 1. The molecule has 0 aliphatic rings. The number of imidazole rings is 1. The van der Waals surface area contributed by atoms with Gasteiger partial charge in [0.05, 0.1) is 17.0 Å². The molecule has 11 heteroatoms. The minimum Gasteiger partial charge on any atom is -0.457 e. The lowest BCUT2D eigenvalue weighted by Gasteiger charge is -2.17. The molecule has 1 aromatic heterocycles. The van der Waals surface area contributed by atoms with E-state index in [1.54, 1.807) is 48.9 Å². The third-order valence-corrected chi connectivity index (χ3v) is 4.44. The molecule has 3 aromatic rings. The van der Waals surface area contributed by atoms with E-state index >= 15 is 0 Å². The number of benzene rings is 2. The number of rotatable bonds is 6. The average molecular weight is 473 g/mol. The van der Waals surface area contributed by atoms with Gasteiger partial charge >= 0.3 is 0 Å². The summed E-state index contributed by atoms with van der Waals surface area (Å²) < 4.78 is 13.4. The Morgan fingerprint density at radius 2 is 1.80 bits per heavy atom. The van der Waals surface area contributed by atoms with Crippen LogP contribution in [0.2, 0.25) is 15.1 Å². The van der Waals surface area contributed by atoms with E-state index in [9.17, 15) is 0 Å². The maximum atomic E-state index is 8.36. The number of allylic oxidation sites excluding steroid dienone is 1. The predicted molar refractivity (Wildman–Crippen MR) is 114 cm³/mol. The molecule has 0 aliphatic carbocycles. The molecule has 0 spiro atoms. The number of ether oxygens (including phenoxy) is 2. The van der Waals surface area contributed by atoms with Gasteiger partial charge in [-0.1, -0.05) is 34.8 Å². The summed E-state index contributed by atoms with van der Waals surface area (Å²) in [5.74, 6) is 1.22. The van der Waals surface area contributed by atoms with Crippen LogP contribution < -0.4 is 4.74 Å². The number of halogens is 3. The second-order valence-electron chi connectivity index (χ2n) is 5.61. The van der Waals surface area contributed by atoms with E-state index < -0.39 is 5.09 Å². The molecule has 2 aromatic carbocycles. The normalized spacial score (nSPS) is 11.1. The highest BCUT2D eigenvalue weighted by molar-refractivity contribution is 6.35. The van der Waals surface area contributed by atoms with E-state index in [0.29, 0.717) is 32.1 Å². The molecule has 158 valence electrons. The average Bonchev–Trinajstić information content (AvgIpc) is 3.21. The molecule has 0 bridgehead atoms. The van der Waals surface area contributed by atoms with Gasteiger partial charge in [-0.2, -0.15) is 0 Å². The molecule has 3 rings (SSSR count). The van der Waals surface area contributed by atoms with Gasteiger partial charge in [-0.25, -0.2) is 4.98 Å². The fourth-order valence-corrected chi connectivity index (χ4v) is 2.93. The van der Waals surface area contributed by atoms with Gasteiger partial charge < -0.3 is 19.2 Å². The van der Waals surface area contributed by atoms with Gasteiger partial charge in [0.1, 0.15) is 5.75 Å². The second kappa shape index (κ2) is 11.3. The van der Waals surface area contributed by atoms with Crippen LogP contribution in [0.25, 0.3) is 11.5 Å². The van der Waals surface area contributed by atoms with Crippen LogP contribution in [-0.4, -0.2) is 26.6 Å². The molecule has 1 heterocycles. The Bertz CT molecular complexity index is 1000. The molecule has 0 aliphatic heterocycles. The third kappa shape index (κ3) is 7.14. The lowest BCUT2D eigenvalue weighted by atomic mass is 10.1. The van der Waals surface area contributed by atoms with Crippen LogP contribution in [0, 0.1) is 10.1 Å². The zero-order valence-electron chi connectivity index (χ0n) is 15.5. The molecule has 0 saturated carbocycles. The van der Waals surface area contributed by atoms with Gasteiger partial charge in [0.15, 0.2) is 5.76 Å². The van der Waals surface area contributed by atoms with Gasteiger partial charge in [0.2, 0.25) is 6.79 Å². The fourth-order valence-electron chi connectivity index (χ4n) is 2.31. The highest BCUT2D eigenvalue weighted by Gasteiger charge is 2.14.